The number of amides is 1. The Kier molecular flexibility index (Phi) is 5.63. The SMILES string of the molecule is CN(CCOc1ccccc1Cl)C(=O)CC(C)(C)N. The fourth-order valence-corrected chi connectivity index (χ4v) is 1.69. The lowest BCUT2D eigenvalue weighted by molar-refractivity contribution is -0.131. The molecular weight excluding hydrogens is 264 g/mol. The van der Waals surface area contributed by atoms with E-state index in [4.69, 9.17) is 22.1 Å². The number of likely N-dealkylation sites (N-methyl/N-ethyl adjacent to an activating group) is 1. The molecule has 0 atom stereocenters. The molecule has 0 radical (unpaired) electrons. The second kappa shape index (κ2) is 6.78. The van der Waals surface area contributed by atoms with Gasteiger partial charge in [-0.05, 0) is 26.0 Å². The first-order valence-corrected chi connectivity index (χ1v) is 6.57. The molecule has 2 N–H and O–H groups in total. The fourth-order valence-electron chi connectivity index (χ4n) is 1.50. The number of ether oxygens (including phenoxy) is 1. The molecule has 0 unspecified atom stereocenters. The molecule has 0 aliphatic heterocycles. The van der Waals surface area contributed by atoms with Gasteiger partial charge >= 0.3 is 0 Å². The van der Waals surface area contributed by atoms with Crippen LogP contribution in [0.5, 0.6) is 5.75 Å². The second-order valence-corrected chi connectivity index (χ2v) is 5.67. The minimum absolute atomic E-state index is 0.00950. The van der Waals surface area contributed by atoms with Gasteiger partial charge in [-0.25, -0.2) is 0 Å². The molecule has 0 saturated carbocycles. The smallest absolute Gasteiger partial charge is 0.224 e. The van der Waals surface area contributed by atoms with Gasteiger partial charge in [0.1, 0.15) is 12.4 Å². The molecule has 1 aromatic carbocycles. The molecule has 0 heterocycles. The zero-order valence-corrected chi connectivity index (χ0v) is 12.4. The topological polar surface area (TPSA) is 55.6 Å². The summed E-state index contributed by atoms with van der Waals surface area (Å²) in [7, 11) is 1.74. The summed E-state index contributed by atoms with van der Waals surface area (Å²) in [4.78, 5) is 13.4. The van der Waals surface area contributed by atoms with Crippen LogP contribution in [0, 0.1) is 0 Å². The van der Waals surface area contributed by atoms with Crippen molar-refractivity contribution < 1.29 is 9.53 Å². The van der Waals surface area contributed by atoms with Crippen LogP contribution in [0.15, 0.2) is 24.3 Å². The van der Waals surface area contributed by atoms with E-state index in [9.17, 15) is 4.79 Å². The molecular formula is C14H21ClN2O2. The first kappa shape index (κ1) is 15.8. The van der Waals surface area contributed by atoms with Crippen molar-refractivity contribution >= 4 is 17.5 Å². The van der Waals surface area contributed by atoms with E-state index < -0.39 is 5.54 Å². The van der Waals surface area contributed by atoms with Crippen LogP contribution in [0.1, 0.15) is 20.3 Å². The Labute approximate surface area is 119 Å². The Hall–Kier alpha value is -1.26. The number of nitrogens with two attached hydrogens (primary N) is 1. The molecule has 0 fully saturated rings. The summed E-state index contributed by atoms with van der Waals surface area (Å²) >= 11 is 5.97. The van der Waals surface area contributed by atoms with E-state index in [1.54, 1.807) is 24.1 Å². The van der Waals surface area contributed by atoms with Crippen molar-refractivity contribution in [3.8, 4) is 5.75 Å². The maximum Gasteiger partial charge on any atom is 0.224 e. The normalized spacial score (nSPS) is 11.2. The van der Waals surface area contributed by atoms with Gasteiger partial charge in [-0.1, -0.05) is 23.7 Å². The Bertz CT molecular complexity index is 430. The zero-order valence-electron chi connectivity index (χ0n) is 11.6. The molecule has 0 bridgehead atoms. The van der Waals surface area contributed by atoms with Gasteiger partial charge in [-0.3, -0.25) is 4.79 Å². The van der Waals surface area contributed by atoms with E-state index in [2.05, 4.69) is 0 Å². The second-order valence-electron chi connectivity index (χ2n) is 5.26. The van der Waals surface area contributed by atoms with Gasteiger partial charge in [0, 0.05) is 19.0 Å². The van der Waals surface area contributed by atoms with Gasteiger partial charge in [0.05, 0.1) is 11.6 Å². The van der Waals surface area contributed by atoms with Gasteiger partial charge in [-0.2, -0.15) is 0 Å². The Morgan fingerprint density at radius 1 is 1.42 bits per heavy atom. The number of para-hydroxylation sites is 1. The molecule has 5 heteroatoms. The number of rotatable bonds is 6. The fraction of sp³-hybridized carbons (Fsp3) is 0.500. The summed E-state index contributed by atoms with van der Waals surface area (Å²) in [5.41, 5.74) is 5.33. The Balaban J connectivity index is 2.37. The van der Waals surface area contributed by atoms with Gasteiger partial charge < -0.3 is 15.4 Å². The Morgan fingerprint density at radius 3 is 2.63 bits per heavy atom. The summed E-state index contributed by atoms with van der Waals surface area (Å²) in [5, 5.41) is 0.569. The van der Waals surface area contributed by atoms with Crippen LogP contribution in [0.2, 0.25) is 5.02 Å². The van der Waals surface area contributed by atoms with E-state index in [1.807, 2.05) is 26.0 Å². The van der Waals surface area contributed by atoms with Crippen LogP contribution in [0.25, 0.3) is 0 Å². The Morgan fingerprint density at radius 2 is 2.05 bits per heavy atom. The van der Waals surface area contributed by atoms with Crippen molar-refractivity contribution in [2.24, 2.45) is 5.73 Å². The highest BCUT2D eigenvalue weighted by Crippen LogP contribution is 2.22. The number of benzene rings is 1. The summed E-state index contributed by atoms with van der Waals surface area (Å²) in [6.07, 6.45) is 0.315. The van der Waals surface area contributed by atoms with Crippen LogP contribution in [-0.2, 0) is 4.79 Å². The van der Waals surface area contributed by atoms with E-state index in [0.717, 1.165) is 0 Å². The third-order valence-electron chi connectivity index (χ3n) is 2.55. The summed E-state index contributed by atoms with van der Waals surface area (Å²) in [6.45, 7) is 4.56. The summed E-state index contributed by atoms with van der Waals surface area (Å²) in [6, 6.07) is 7.26. The maximum atomic E-state index is 11.8. The number of carbonyl (C=O) groups excluding carboxylic acids is 1. The molecule has 0 aromatic heterocycles. The summed E-state index contributed by atoms with van der Waals surface area (Å²) < 4.78 is 5.53. The van der Waals surface area contributed by atoms with Gasteiger partial charge in [0.2, 0.25) is 5.91 Å². The average Bonchev–Trinajstić information content (AvgIpc) is 2.29. The van der Waals surface area contributed by atoms with Crippen molar-refractivity contribution in [1.29, 1.82) is 0 Å². The molecule has 1 aromatic rings. The van der Waals surface area contributed by atoms with Gasteiger partial charge in [0.15, 0.2) is 0 Å². The maximum absolute atomic E-state index is 11.8. The van der Waals surface area contributed by atoms with Gasteiger partial charge in [0.25, 0.3) is 0 Å². The van der Waals surface area contributed by atoms with Crippen molar-refractivity contribution in [3.63, 3.8) is 0 Å². The number of hydrogen-bond acceptors (Lipinski definition) is 3. The third kappa shape index (κ3) is 5.94. The van der Waals surface area contributed by atoms with Crippen LogP contribution in [0.4, 0.5) is 0 Å². The molecule has 106 valence electrons. The zero-order chi connectivity index (χ0) is 14.5. The van der Waals surface area contributed by atoms with Crippen LogP contribution >= 0.6 is 11.6 Å². The monoisotopic (exact) mass is 284 g/mol. The van der Waals surface area contributed by atoms with E-state index >= 15 is 0 Å². The van der Waals surface area contributed by atoms with Crippen molar-refractivity contribution in [3.05, 3.63) is 29.3 Å². The molecule has 0 spiro atoms. The van der Waals surface area contributed by atoms with E-state index in [1.165, 1.54) is 0 Å². The third-order valence-corrected chi connectivity index (χ3v) is 2.87. The van der Waals surface area contributed by atoms with Gasteiger partial charge in [-0.15, -0.1) is 0 Å². The lowest BCUT2D eigenvalue weighted by Crippen LogP contribution is -2.40. The lowest BCUT2D eigenvalue weighted by Gasteiger charge is -2.23. The highest BCUT2D eigenvalue weighted by molar-refractivity contribution is 6.32. The number of halogens is 1. The first-order valence-electron chi connectivity index (χ1n) is 6.20. The predicted molar refractivity (Wildman–Crippen MR) is 77.5 cm³/mol. The molecule has 1 rings (SSSR count). The number of hydrogen-bond donors (Lipinski definition) is 1. The average molecular weight is 285 g/mol. The summed E-state index contributed by atoms with van der Waals surface area (Å²) in [5.74, 6) is 0.638. The molecule has 19 heavy (non-hydrogen) atoms. The van der Waals surface area contributed by atoms with Crippen molar-refractivity contribution in [2.75, 3.05) is 20.2 Å². The predicted octanol–water partition coefficient (Wildman–Crippen LogP) is 2.30. The largest absolute Gasteiger partial charge is 0.490 e. The van der Waals surface area contributed by atoms with Crippen LogP contribution in [0.3, 0.4) is 0 Å². The van der Waals surface area contributed by atoms with Crippen molar-refractivity contribution in [2.45, 2.75) is 25.8 Å². The standard InChI is InChI=1S/C14H21ClN2O2/c1-14(2,16)10-13(18)17(3)8-9-19-12-7-5-4-6-11(12)15/h4-7H,8-10,16H2,1-3H3. The van der Waals surface area contributed by atoms with E-state index in [0.29, 0.717) is 30.3 Å². The molecule has 0 saturated heterocycles. The van der Waals surface area contributed by atoms with E-state index in [-0.39, 0.29) is 5.91 Å². The lowest BCUT2D eigenvalue weighted by atomic mass is 10.0. The highest BCUT2D eigenvalue weighted by atomic mass is 35.5. The van der Waals surface area contributed by atoms with Crippen LogP contribution < -0.4 is 10.5 Å². The molecule has 0 aliphatic carbocycles. The molecule has 4 nitrogen and oxygen atoms in total. The molecule has 0 aliphatic rings. The highest BCUT2D eigenvalue weighted by Gasteiger charge is 2.19. The quantitative estimate of drug-likeness (QED) is 0.872. The minimum atomic E-state index is -0.491. The number of nitrogens with zero attached hydrogens (tertiary/aromatic N) is 1. The minimum Gasteiger partial charge on any atom is -0.490 e. The molecule has 1 amide bonds. The van der Waals surface area contributed by atoms with Crippen LogP contribution in [-0.4, -0.2) is 36.5 Å². The van der Waals surface area contributed by atoms with Crippen molar-refractivity contribution in [1.82, 2.24) is 4.90 Å². The number of carbonyl (C=O) groups is 1. The first-order chi connectivity index (χ1) is 8.79.